The number of thiol groups is 1. The SMILES string of the molecule is CNC(=O)C1(O)CCC(S)CC1. The molecule has 3 nitrogen and oxygen atoms in total. The molecule has 0 aromatic heterocycles. The normalized spacial score (nSPS) is 36.1. The lowest BCUT2D eigenvalue weighted by molar-refractivity contribution is -0.142. The number of aliphatic hydroxyl groups is 1. The zero-order chi connectivity index (χ0) is 9.19. The van der Waals surface area contributed by atoms with E-state index < -0.39 is 5.60 Å². The van der Waals surface area contributed by atoms with E-state index in [1.54, 1.807) is 7.05 Å². The van der Waals surface area contributed by atoms with Gasteiger partial charge in [-0.3, -0.25) is 4.79 Å². The van der Waals surface area contributed by atoms with E-state index in [-0.39, 0.29) is 5.91 Å². The number of hydrogen-bond acceptors (Lipinski definition) is 3. The molecule has 4 heteroatoms. The van der Waals surface area contributed by atoms with Crippen molar-refractivity contribution in [3.05, 3.63) is 0 Å². The minimum atomic E-state index is -1.13. The van der Waals surface area contributed by atoms with Gasteiger partial charge >= 0.3 is 0 Å². The zero-order valence-corrected chi connectivity index (χ0v) is 8.10. The molecule has 0 saturated heterocycles. The van der Waals surface area contributed by atoms with Crippen molar-refractivity contribution in [3.63, 3.8) is 0 Å². The lowest BCUT2D eigenvalue weighted by atomic mass is 9.84. The molecule has 1 saturated carbocycles. The van der Waals surface area contributed by atoms with Crippen molar-refractivity contribution >= 4 is 18.5 Å². The Hall–Kier alpha value is -0.220. The van der Waals surface area contributed by atoms with Crippen molar-refractivity contribution in [1.29, 1.82) is 0 Å². The third kappa shape index (κ3) is 1.93. The number of rotatable bonds is 1. The van der Waals surface area contributed by atoms with E-state index in [4.69, 9.17) is 0 Å². The quantitative estimate of drug-likeness (QED) is 0.521. The molecule has 1 aliphatic rings. The van der Waals surface area contributed by atoms with Crippen LogP contribution in [0.15, 0.2) is 0 Å². The average molecular weight is 189 g/mol. The minimum absolute atomic E-state index is 0.261. The first-order chi connectivity index (χ1) is 5.58. The number of likely N-dealkylation sites (N-methyl/N-ethyl adjacent to an activating group) is 1. The summed E-state index contributed by atoms with van der Waals surface area (Å²) >= 11 is 4.29. The maximum atomic E-state index is 11.2. The van der Waals surface area contributed by atoms with E-state index in [9.17, 15) is 9.90 Å². The summed E-state index contributed by atoms with van der Waals surface area (Å²) < 4.78 is 0. The van der Waals surface area contributed by atoms with Gasteiger partial charge in [0.05, 0.1) is 0 Å². The Morgan fingerprint density at radius 3 is 2.50 bits per heavy atom. The molecule has 0 aliphatic heterocycles. The van der Waals surface area contributed by atoms with Crippen molar-refractivity contribution in [1.82, 2.24) is 5.32 Å². The fraction of sp³-hybridized carbons (Fsp3) is 0.875. The molecular weight excluding hydrogens is 174 g/mol. The van der Waals surface area contributed by atoms with Crippen LogP contribution in [0, 0.1) is 0 Å². The number of amides is 1. The molecule has 0 aromatic carbocycles. The summed E-state index contributed by atoms with van der Waals surface area (Å²) in [5.41, 5.74) is -1.13. The fourth-order valence-corrected chi connectivity index (χ4v) is 1.80. The molecule has 1 aliphatic carbocycles. The molecule has 1 rings (SSSR count). The Morgan fingerprint density at radius 1 is 1.58 bits per heavy atom. The van der Waals surface area contributed by atoms with E-state index in [0.29, 0.717) is 18.1 Å². The van der Waals surface area contributed by atoms with E-state index in [2.05, 4.69) is 17.9 Å². The second-order valence-electron chi connectivity index (χ2n) is 3.34. The maximum Gasteiger partial charge on any atom is 0.251 e. The smallest absolute Gasteiger partial charge is 0.251 e. The number of hydrogen-bond donors (Lipinski definition) is 3. The molecule has 70 valence electrons. The predicted octanol–water partition coefficient (Wildman–Crippen LogP) is 0.336. The van der Waals surface area contributed by atoms with E-state index >= 15 is 0 Å². The number of nitrogens with one attached hydrogen (secondary N) is 1. The summed E-state index contributed by atoms with van der Waals surface area (Å²) in [6, 6.07) is 0. The van der Waals surface area contributed by atoms with Gasteiger partial charge in [-0.15, -0.1) is 0 Å². The Labute approximate surface area is 77.9 Å². The van der Waals surface area contributed by atoms with Crippen LogP contribution in [0.1, 0.15) is 25.7 Å². The number of carbonyl (C=O) groups is 1. The van der Waals surface area contributed by atoms with Crippen LogP contribution in [-0.2, 0) is 4.79 Å². The van der Waals surface area contributed by atoms with Crippen molar-refractivity contribution in [2.45, 2.75) is 36.5 Å². The van der Waals surface area contributed by atoms with Gasteiger partial charge in [-0.1, -0.05) is 0 Å². The largest absolute Gasteiger partial charge is 0.380 e. The summed E-state index contributed by atoms with van der Waals surface area (Å²) in [4.78, 5) is 11.2. The highest BCUT2D eigenvalue weighted by atomic mass is 32.1. The first kappa shape index (κ1) is 9.86. The second-order valence-corrected chi connectivity index (χ2v) is 4.07. The van der Waals surface area contributed by atoms with E-state index in [1.165, 1.54) is 0 Å². The highest BCUT2D eigenvalue weighted by molar-refractivity contribution is 7.80. The fourth-order valence-electron chi connectivity index (χ4n) is 1.54. The second kappa shape index (κ2) is 3.66. The van der Waals surface area contributed by atoms with Crippen LogP contribution >= 0.6 is 12.6 Å². The molecule has 0 atom stereocenters. The van der Waals surface area contributed by atoms with Gasteiger partial charge in [0.1, 0.15) is 5.60 Å². The maximum absolute atomic E-state index is 11.2. The third-order valence-corrected chi connectivity index (χ3v) is 2.95. The van der Waals surface area contributed by atoms with E-state index in [0.717, 1.165) is 12.8 Å². The summed E-state index contributed by atoms with van der Waals surface area (Å²) in [6.07, 6.45) is 2.68. The lowest BCUT2D eigenvalue weighted by Crippen LogP contribution is -2.48. The third-order valence-electron chi connectivity index (χ3n) is 2.43. The topological polar surface area (TPSA) is 49.3 Å². The average Bonchev–Trinajstić information content (AvgIpc) is 2.09. The van der Waals surface area contributed by atoms with Gasteiger partial charge in [-0.25, -0.2) is 0 Å². The molecule has 1 fully saturated rings. The number of carbonyl (C=O) groups excluding carboxylic acids is 1. The van der Waals surface area contributed by atoms with E-state index in [1.807, 2.05) is 0 Å². The molecular formula is C8H15NO2S. The molecule has 0 unspecified atom stereocenters. The first-order valence-corrected chi connectivity index (χ1v) is 4.73. The molecule has 0 spiro atoms. The standard InChI is InChI=1S/C8H15NO2S/c1-9-7(10)8(11)4-2-6(12)3-5-8/h6,11-12H,2-5H2,1H3,(H,9,10). The summed E-state index contributed by atoms with van der Waals surface area (Å²) in [6.45, 7) is 0. The Bertz CT molecular complexity index is 176. The molecule has 12 heavy (non-hydrogen) atoms. The Morgan fingerprint density at radius 2 is 2.08 bits per heavy atom. The van der Waals surface area contributed by atoms with Gasteiger partial charge in [-0.2, -0.15) is 12.6 Å². The molecule has 0 aromatic rings. The molecule has 0 radical (unpaired) electrons. The van der Waals surface area contributed by atoms with Gasteiger partial charge in [0, 0.05) is 12.3 Å². The van der Waals surface area contributed by atoms with Gasteiger partial charge in [0.15, 0.2) is 0 Å². The van der Waals surface area contributed by atoms with Crippen LogP contribution in [0.5, 0.6) is 0 Å². The summed E-state index contributed by atoms with van der Waals surface area (Å²) in [5.74, 6) is -0.261. The first-order valence-electron chi connectivity index (χ1n) is 4.21. The highest BCUT2D eigenvalue weighted by Crippen LogP contribution is 2.30. The van der Waals surface area contributed by atoms with Crippen molar-refractivity contribution in [2.24, 2.45) is 0 Å². The Kier molecular flexibility index (Phi) is 3.01. The van der Waals surface area contributed by atoms with Crippen LogP contribution in [0.3, 0.4) is 0 Å². The highest BCUT2D eigenvalue weighted by Gasteiger charge is 2.38. The molecule has 1 amide bonds. The summed E-state index contributed by atoms with van der Waals surface area (Å²) in [5, 5.41) is 12.6. The zero-order valence-electron chi connectivity index (χ0n) is 7.21. The van der Waals surface area contributed by atoms with Gasteiger partial charge in [0.25, 0.3) is 5.91 Å². The van der Waals surface area contributed by atoms with Crippen LogP contribution in [0.4, 0.5) is 0 Å². The summed E-state index contributed by atoms with van der Waals surface area (Å²) in [7, 11) is 1.55. The van der Waals surface area contributed by atoms with Crippen LogP contribution in [-0.4, -0.2) is 28.9 Å². The molecule has 0 heterocycles. The lowest BCUT2D eigenvalue weighted by Gasteiger charge is -2.32. The van der Waals surface area contributed by atoms with Crippen LogP contribution in [0.25, 0.3) is 0 Å². The van der Waals surface area contributed by atoms with Crippen LogP contribution in [0.2, 0.25) is 0 Å². The van der Waals surface area contributed by atoms with Crippen LogP contribution < -0.4 is 5.32 Å². The van der Waals surface area contributed by atoms with Gasteiger partial charge < -0.3 is 10.4 Å². The Balaban J connectivity index is 2.55. The minimum Gasteiger partial charge on any atom is -0.380 e. The van der Waals surface area contributed by atoms with Gasteiger partial charge in [0.2, 0.25) is 0 Å². The van der Waals surface area contributed by atoms with Crippen molar-refractivity contribution in [3.8, 4) is 0 Å². The molecule has 2 N–H and O–H groups in total. The predicted molar refractivity (Wildman–Crippen MR) is 50.3 cm³/mol. The molecule has 0 bridgehead atoms. The van der Waals surface area contributed by atoms with Crippen molar-refractivity contribution < 1.29 is 9.90 Å². The van der Waals surface area contributed by atoms with Crippen molar-refractivity contribution in [2.75, 3.05) is 7.05 Å². The van der Waals surface area contributed by atoms with Gasteiger partial charge in [-0.05, 0) is 25.7 Å². The monoisotopic (exact) mass is 189 g/mol.